The first-order valence-electron chi connectivity index (χ1n) is 5.73. The monoisotopic (exact) mass is 245 g/mol. The summed E-state index contributed by atoms with van der Waals surface area (Å²) >= 11 is 0. The molecule has 0 aliphatic heterocycles. The van der Waals surface area contributed by atoms with Crippen LogP contribution in [-0.4, -0.2) is 24.2 Å². The molecule has 1 aromatic carbocycles. The number of nitrogens with one attached hydrogen (secondary N) is 1. The van der Waals surface area contributed by atoms with Gasteiger partial charge in [0.1, 0.15) is 6.61 Å². The molecule has 0 unspecified atom stereocenters. The molecule has 5 heteroatoms. The molecule has 0 aliphatic carbocycles. The zero-order valence-electron chi connectivity index (χ0n) is 9.93. The SMILES string of the molecule is NC(=O)OCCNCc1ccnc2ccccc12. The van der Waals surface area contributed by atoms with E-state index in [1.165, 1.54) is 5.56 Å². The second-order valence-electron chi connectivity index (χ2n) is 3.83. The van der Waals surface area contributed by atoms with Gasteiger partial charge < -0.3 is 15.8 Å². The Bertz CT molecular complexity index is 537. The molecule has 0 fully saturated rings. The van der Waals surface area contributed by atoms with E-state index in [0.717, 1.165) is 10.9 Å². The Morgan fingerprint density at radius 2 is 2.17 bits per heavy atom. The molecule has 0 saturated heterocycles. The lowest BCUT2D eigenvalue weighted by Gasteiger charge is -2.07. The second kappa shape index (κ2) is 5.97. The van der Waals surface area contributed by atoms with E-state index in [1.54, 1.807) is 6.20 Å². The third-order valence-corrected chi connectivity index (χ3v) is 2.58. The highest BCUT2D eigenvalue weighted by molar-refractivity contribution is 5.81. The molecule has 2 rings (SSSR count). The van der Waals surface area contributed by atoms with Crippen LogP contribution >= 0.6 is 0 Å². The summed E-state index contributed by atoms with van der Waals surface area (Å²) in [5.41, 5.74) is 7.01. The molecule has 0 aliphatic rings. The molecule has 3 N–H and O–H groups in total. The van der Waals surface area contributed by atoms with Crippen LogP contribution in [0.5, 0.6) is 0 Å². The number of primary amides is 1. The third-order valence-electron chi connectivity index (χ3n) is 2.58. The van der Waals surface area contributed by atoms with Gasteiger partial charge in [-0.2, -0.15) is 0 Å². The molecule has 0 saturated carbocycles. The highest BCUT2D eigenvalue weighted by atomic mass is 16.5. The molecule has 18 heavy (non-hydrogen) atoms. The number of amides is 1. The number of carbonyl (C=O) groups excluding carboxylic acids is 1. The number of hydrogen-bond acceptors (Lipinski definition) is 4. The predicted octanol–water partition coefficient (Wildman–Crippen LogP) is 1.42. The quantitative estimate of drug-likeness (QED) is 0.781. The lowest BCUT2D eigenvalue weighted by atomic mass is 10.1. The van der Waals surface area contributed by atoms with E-state index in [2.05, 4.69) is 15.0 Å². The van der Waals surface area contributed by atoms with Gasteiger partial charge >= 0.3 is 6.09 Å². The van der Waals surface area contributed by atoms with Gasteiger partial charge in [-0.25, -0.2) is 4.79 Å². The summed E-state index contributed by atoms with van der Waals surface area (Å²) in [7, 11) is 0. The number of aromatic nitrogens is 1. The van der Waals surface area contributed by atoms with E-state index >= 15 is 0 Å². The zero-order chi connectivity index (χ0) is 12.8. The number of ether oxygens (including phenoxy) is 1. The second-order valence-corrected chi connectivity index (χ2v) is 3.83. The first-order chi connectivity index (χ1) is 8.77. The minimum absolute atomic E-state index is 0.276. The van der Waals surface area contributed by atoms with E-state index in [1.807, 2.05) is 30.3 Å². The molecule has 1 aromatic heterocycles. The highest BCUT2D eigenvalue weighted by Gasteiger charge is 2.00. The number of para-hydroxylation sites is 1. The van der Waals surface area contributed by atoms with Gasteiger partial charge in [0, 0.05) is 24.7 Å². The van der Waals surface area contributed by atoms with Crippen LogP contribution in [0.25, 0.3) is 10.9 Å². The van der Waals surface area contributed by atoms with Crippen molar-refractivity contribution < 1.29 is 9.53 Å². The number of nitrogens with zero attached hydrogens (tertiary/aromatic N) is 1. The van der Waals surface area contributed by atoms with Gasteiger partial charge in [-0.3, -0.25) is 4.98 Å². The lowest BCUT2D eigenvalue weighted by molar-refractivity contribution is 0.157. The first-order valence-corrected chi connectivity index (χ1v) is 5.73. The Labute approximate surface area is 105 Å². The van der Waals surface area contributed by atoms with E-state index in [-0.39, 0.29) is 6.61 Å². The fourth-order valence-electron chi connectivity index (χ4n) is 1.76. The van der Waals surface area contributed by atoms with Gasteiger partial charge in [0.15, 0.2) is 0 Å². The standard InChI is InChI=1S/C13H15N3O2/c14-13(17)18-8-7-15-9-10-5-6-16-12-4-2-1-3-11(10)12/h1-6,15H,7-9H2,(H2,14,17). The molecule has 94 valence electrons. The average molecular weight is 245 g/mol. The van der Waals surface area contributed by atoms with Crippen molar-refractivity contribution in [2.24, 2.45) is 5.73 Å². The molecule has 5 nitrogen and oxygen atoms in total. The molecule has 0 spiro atoms. The maximum Gasteiger partial charge on any atom is 0.404 e. The number of rotatable bonds is 5. The number of nitrogens with two attached hydrogens (primary N) is 1. The van der Waals surface area contributed by atoms with Crippen LogP contribution in [0.2, 0.25) is 0 Å². The number of fused-ring (bicyclic) bond motifs is 1. The fourth-order valence-corrected chi connectivity index (χ4v) is 1.76. The summed E-state index contributed by atoms with van der Waals surface area (Å²) in [6.07, 6.45) is 1.05. The number of hydrogen-bond donors (Lipinski definition) is 2. The maximum absolute atomic E-state index is 10.4. The van der Waals surface area contributed by atoms with E-state index in [9.17, 15) is 4.79 Å². The van der Waals surface area contributed by atoms with Gasteiger partial charge in [-0.1, -0.05) is 18.2 Å². The van der Waals surface area contributed by atoms with Crippen molar-refractivity contribution in [3.8, 4) is 0 Å². The van der Waals surface area contributed by atoms with Crippen LogP contribution < -0.4 is 11.1 Å². The Morgan fingerprint density at radius 3 is 3.00 bits per heavy atom. The zero-order valence-corrected chi connectivity index (χ0v) is 9.93. The van der Waals surface area contributed by atoms with Crippen LogP contribution in [0.3, 0.4) is 0 Å². The van der Waals surface area contributed by atoms with Crippen LogP contribution in [0, 0.1) is 0 Å². The van der Waals surface area contributed by atoms with Crippen molar-refractivity contribution in [3.63, 3.8) is 0 Å². The number of carbonyl (C=O) groups is 1. The Kier molecular flexibility index (Phi) is 4.09. The smallest absolute Gasteiger partial charge is 0.404 e. The molecule has 1 heterocycles. The summed E-state index contributed by atoms with van der Waals surface area (Å²) in [6, 6.07) is 9.95. The minimum atomic E-state index is -0.744. The van der Waals surface area contributed by atoms with Crippen LogP contribution in [0.1, 0.15) is 5.56 Å². The molecule has 0 radical (unpaired) electrons. The summed E-state index contributed by atoms with van der Waals surface area (Å²) < 4.78 is 4.63. The van der Waals surface area contributed by atoms with Crippen molar-refractivity contribution in [1.82, 2.24) is 10.3 Å². The van der Waals surface area contributed by atoms with Gasteiger partial charge in [-0.15, -0.1) is 0 Å². The summed E-state index contributed by atoms with van der Waals surface area (Å²) in [5.74, 6) is 0. The van der Waals surface area contributed by atoms with Crippen molar-refractivity contribution >= 4 is 17.0 Å². The van der Waals surface area contributed by atoms with Crippen LogP contribution in [0.15, 0.2) is 36.5 Å². The molecule has 1 amide bonds. The summed E-state index contributed by atoms with van der Waals surface area (Å²) in [6.45, 7) is 1.54. The van der Waals surface area contributed by atoms with Crippen molar-refractivity contribution in [2.45, 2.75) is 6.54 Å². The van der Waals surface area contributed by atoms with E-state index in [4.69, 9.17) is 5.73 Å². The number of pyridine rings is 1. The maximum atomic E-state index is 10.4. The molecule has 0 atom stereocenters. The summed E-state index contributed by atoms with van der Waals surface area (Å²) in [5, 5.41) is 4.32. The molecule has 2 aromatic rings. The van der Waals surface area contributed by atoms with Gasteiger partial charge in [-0.05, 0) is 17.7 Å². The van der Waals surface area contributed by atoms with Gasteiger partial charge in [0.05, 0.1) is 5.52 Å². The Morgan fingerprint density at radius 1 is 1.33 bits per heavy atom. The molecular formula is C13H15N3O2. The largest absolute Gasteiger partial charge is 0.448 e. The van der Waals surface area contributed by atoms with E-state index < -0.39 is 6.09 Å². The Hall–Kier alpha value is -2.14. The predicted molar refractivity (Wildman–Crippen MR) is 69.0 cm³/mol. The first kappa shape index (κ1) is 12.3. The fraction of sp³-hybridized carbons (Fsp3) is 0.231. The average Bonchev–Trinajstić information content (AvgIpc) is 2.38. The van der Waals surface area contributed by atoms with Crippen LogP contribution in [0.4, 0.5) is 4.79 Å². The van der Waals surface area contributed by atoms with Gasteiger partial charge in [0.25, 0.3) is 0 Å². The molecule has 0 bridgehead atoms. The van der Waals surface area contributed by atoms with Crippen LogP contribution in [-0.2, 0) is 11.3 Å². The third kappa shape index (κ3) is 3.18. The summed E-state index contributed by atoms with van der Waals surface area (Å²) in [4.78, 5) is 14.7. The molecular weight excluding hydrogens is 230 g/mol. The van der Waals surface area contributed by atoms with Crippen molar-refractivity contribution in [1.29, 1.82) is 0 Å². The Balaban J connectivity index is 1.93. The van der Waals surface area contributed by atoms with E-state index in [0.29, 0.717) is 13.1 Å². The lowest BCUT2D eigenvalue weighted by Crippen LogP contribution is -2.23. The normalized spacial score (nSPS) is 10.4. The van der Waals surface area contributed by atoms with Crippen molar-refractivity contribution in [2.75, 3.05) is 13.2 Å². The number of benzene rings is 1. The van der Waals surface area contributed by atoms with Gasteiger partial charge in [0.2, 0.25) is 0 Å². The van der Waals surface area contributed by atoms with Crippen molar-refractivity contribution in [3.05, 3.63) is 42.1 Å². The highest BCUT2D eigenvalue weighted by Crippen LogP contribution is 2.15. The topological polar surface area (TPSA) is 77.2 Å². The minimum Gasteiger partial charge on any atom is -0.448 e.